The number of nitrogens with one attached hydrogen (secondary N) is 1. The first kappa shape index (κ1) is 16.1. The Morgan fingerprint density at radius 3 is 2.63 bits per heavy atom. The molecule has 0 aromatic heterocycles. The van der Waals surface area contributed by atoms with Gasteiger partial charge in [0.2, 0.25) is 10.0 Å². The van der Waals surface area contributed by atoms with Crippen molar-refractivity contribution >= 4 is 10.0 Å². The number of hydrogen-bond acceptors (Lipinski definition) is 3. The number of sulfonamides is 1. The first-order valence-electron chi connectivity index (χ1n) is 6.65. The first-order valence-corrected chi connectivity index (χ1v) is 8.49. The van der Waals surface area contributed by atoms with Crippen LogP contribution in [0.2, 0.25) is 0 Å². The van der Waals surface area contributed by atoms with Gasteiger partial charge in [0.1, 0.15) is 0 Å². The van der Waals surface area contributed by atoms with Crippen LogP contribution in [-0.4, -0.2) is 38.6 Å². The lowest BCUT2D eigenvalue weighted by atomic mass is 10.1. The van der Waals surface area contributed by atoms with Gasteiger partial charge < -0.3 is 5.32 Å². The van der Waals surface area contributed by atoms with Crippen molar-refractivity contribution < 1.29 is 8.42 Å². The van der Waals surface area contributed by atoms with Crippen molar-refractivity contribution in [2.45, 2.75) is 26.8 Å². The highest BCUT2D eigenvalue weighted by atomic mass is 32.2. The van der Waals surface area contributed by atoms with Crippen LogP contribution in [-0.2, 0) is 16.6 Å². The molecule has 1 N–H and O–H groups in total. The quantitative estimate of drug-likeness (QED) is 0.740. The van der Waals surface area contributed by atoms with Gasteiger partial charge in [0, 0.05) is 19.6 Å². The average molecular weight is 284 g/mol. The Kier molecular flexibility index (Phi) is 6.48. The molecule has 0 amide bonds. The number of nitrogens with zero attached hydrogens (tertiary/aromatic N) is 1. The van der Waals surface area contributed by atoms with Gasteiger partial charge in [-0.3, -0.25) is 0 Å². The Labute approximate surface area is 116 Å². The van der Waals surface area contributed by atoms with Crippen LogP contribution in [0.1, 0.15) is 24.5 Å². The molecule has 0 aliphatic carbocycles. The van der Waals surface area contributed by atoms with Crippen LogP contribution in [0.4, 0.5) is 0 Å². The third kappa shape index (κ3) is 6.18. The van der Waals surface area contributed by atoms with Crippen molar-refractivity contribution in [1.29, 1.82) is 0 Å². The highest BCUT2D eigenvalue weighted by molar-refractivity contribution is 7.88. The van der Waals surface area contributed by atoms with Gasteiger partial charge in [-0.1, -0.05) is 36.8 Å². The summed E-state index contributed by atoms with van der Waals surface area (Å²) in [6.45, 7) is 6.70. The van der Waals surface area contributed by atoms with Gasteiger partial charge in [-0.25, -0.2) is 12.7 Å². The summed E-state index contributed by atoms with van der Waals surface area (Å²) in [5.74, 6) is 0. The summed E-state index contributed by atoms with van der Waals surface area (Å²) >= 11 is 0. The van der Waals surface area contributed by atoms with Crippen LogP contribution in [0.15, 0.2) is 24.3 Å². The third-order valence-corrected chi connectivity index (χ3v) is 4.37. The number of benzene rings is 1. The molecule has 0 saturated heterocycles. The fourth-order valence-electron chi connectivity index (χ4n) is 1.99. The van der Waals surface area contributed by atoms with Gasteiger partial charge in [-0.2, -0.15) is 0 Å². The van der Waals surface area contributed by atoms with Gasteiger partial charge in [0.05, 0.1) is 6.26 Å². The minimum Gasteiger partial charge on any atom is -0.313 e. The molecular formula is C14H24N2O2S. The van der Waals surface area contributed by atoms with E-state index in [4.69, 9.17) is 0 Å². The number of hydrogen-bond donors (Lipinski definition) is 1. The van der Waals surface area contributed by atoms with Gasteiger partial charge >= 0.3 is 0 Å². The summed E-state index contributed by atoms with van der Waals surface area (Å²) in [5, 5.41) is 3.34. The maximum absolute atomic E-state index is 11.4. The molecule has 1 aromatic carbocycles. The van der Waals surface area contributed by atoms with Crippen LogP contribution in [0, 0.1) is 6.92 Å². The lowest BCUT2D eigenvalue weighted by Crippen LogP contribution is -2.32. The molecule has 108 valence electrons. The molecule has 0 heterocycles. The van der Waals surface area contributed by atoms with Crippen LogP contribution in [0.25, 0.3) is 0 Å². The summed E-state index contributed by atoms with van der Waals surface area (Å²) in [5.41, 5.74) is 2.52. The second kappa shape index (κ2) is 7.62. The van der Waals surface area contributed by atoms with Crippen molar-refractivity contribution in [3.63, 3.8) is 0 Å². The molecule has 5 heteroatoms. The second-order valence-electron chi connectivity index (χ2n) is 4.77. The molecule has 0 bridgehead atoms. The largest absolute Gasteiger partial charge is 0.313 e. The molecule has 0 saturated carbocycles. The number of rotatable bonds is 8. The normalized spacial score (nSPS) is 12.0. The molecule has 0 fully saturated rings. The van der Waals surface area contributed by atoms with Crippen molar-refractivity contribution in [1.82, 2.24) is 9.62 Å². The molecule has 1 aromatic rings. The van der Waals surface area contributed by atoms with E-state index in [0.717, 1.165) is 19.5 Å². The summed E-state index contributed by atoms with van der Waals surface area (Å²) < 4.78 is 24.3. The highest BCUT2D eigenvalue weighted by Crippen LogP contribution is 2.03. The minimum absolute atomic E-state index is 0.538. The van der Waals surface area contributed by atoms with E-state index in [9.17, 15) is 8.42 Å². The minimum atomic E-state index is -3.05. The molecular weight excluding hydrogens is 260 g/mol. The van der Waals surface area contributed by atoms with Crippen LogP contribution < -0.4 is 5.32 Å². The zero-order valence-corrected chi connectivity index (χ0v) is 12.8. The Hall–Kier alpha value is -0.910. The predicted molar refractivity (Wildman–Crippen MR) is 79.6 cm³/mol. The van der Waals surface area contributed by atoms with Crippen molar-refractivity contribution in [3.05, 3.63) is 35.4 Å². The Bertz CT molecular complexity index is 486. The predicted octanol–water partition coefficient (Wildman–Crippen LogP) is 1.76. The fraction of sp³-hybridized carbons (Fsp3) is 0.571. The van der Waals surface area contributed by atoms with E-state index in [1.54, 1.807) is 0 Å². The van der Waals surface area contributed by atoms with Crippen LogP contribution >= 0.6 is 0 Å². The molecule has 19 heavy (non-hydrogen) atoms. The van der Waals surface area contributed by atoms with E-state index >= 15 is 0 Å². The van der Waals surface area contributed by atoms with E-state index in [0.29, 0.717) is 13.1 Å². The van der Waals surface area contributed by atoms with E-state index in [1.165, 1.54) is 21.7 Å². The monoisotopic (exact) mass is 284 g/mol. The van der Waals surface area contributed by atoms with Gasteiger partial charge in [0.15, 0.2) is 0 Å². The number of aryl methyl sites for hydroxylation is 1. The molecule has 0 atom stereocenters. The maximum Gasteiger partial charge on any atom is 0.211 e. The van der Waals surface area contributed by atoms with E-state index in [2.05, 4.69) is 36.5 Å². The van der Waals surface area contributed by atoms with Crippen molar-refractivity contribution in [2.24, 2.45) is 0 Å². The summed E-state index contributed by atoms with van der Waals surface area (Å²) in [6.07, 6.45) is 2.09. The zero-order valence-electron chi connectivity index (χ0n) is 12.0. The molecule has 0 unspecified atom stereocenters. The fourth-order valence-corrected chi connectivity index (χ4v) is 2.92. The van der Waals surface area contributed by atoms with Crippen LogP contribution in [0.5, 0.6) is 0 Å². The standard InChI is InChI=1S/C14H24N2O2S/c1-4-16(19(3,17)18)10-6-9-15-12-14-8-5-7-13(2)11-14/h5,7-8,11,15H,4,6,9-10,12H2,1-3H3. The van der Waals surface area contributed by atoms with Crippen molar-refractivity contribution in [3.8, 4) is 0 Å². The van der Waals surface area contributed by atoms with E-state index in [-0.39, 0.29) is 0 Å². The van der Waals surface area contributed by atoms with Gasteiger partial charge in [-0.05, 0) is 25.5 Å². The second-order valence-corrected chi connectivity index (χ2v) is 6.76. The van der Waals surface area contributed by atoms with Crippen LogP contribution in [0.3, 0.4) is 0 Å². The molecule has 4 nitrogen and oxygen atoms in total. The molecule has 0 aliphatic heterocycles. The van der Waals surface area contributed by atoms with Gasteiger partial charge in [0.25, 0.3) is 0 Å². The lowest BCUT2D eigenvalue weighted by Gasteiger charge is -2.17. The van der Waals surface area contributed by atoms with E-state index < -0.39 is 10.0 Å². The molecule has 0 spiro atoms. The smallest absolute Gasteiger partial charge is 0.211 e. The SMILES string of the molecule is CCN(CCCNCc1cccc(C)c1)S(C)(=O)=O. The zero-order chi connectivity index (χ0) is 14.3. The lowest BCUT2D eigenvalue weighted by molar-refractivity contribution is 0.419. The summed E-state index contributed by atoms with van der Waals surface area (Å²) in [6, 6.07) is 8.38. The highest BCUT2D eigenvalue weighted by Gasteiger charge is 2.12. The third-order valence-electron chi connectivity index (χ3n) is 2.99. The van der Waals surface area contributed by atoms with Gasteiger partial charge in [-0.15, -0.1) is 0 Å². The Balaban J connectivity index is 2.25. The van der Waals surface area contributed by atoms with Crippen molar-refractivity contribution in [2.75, 3.05) is 25.9 Å². The maximum atomic E-state index is 11.4. The first-order chi connectivity index (χ1) is 8.93. The Morgan fingerprint density at radius 1 is 1.32 bits per heavy atom. The topological polar surface area (TPSA) is 49.4 Å². The van der Waals surface area contributed by atoms with E-state index in [1.807, 2.05) is 6.92 Å². The average Bonchev–Trinajstić information content (AvgIpc) is 2.32. The molecule has 0 radical (unpaired) electrons. The molecule has 1 rings (SSSR count). The summed E-state index contributed by atoms with van der Waals surface area (Å²) in [7, 11) is -3.05. The molecule has 0 aliphatic rings. The Morgan fingerprint density at radius 2 is 2.05 bits per heavy atom. The summed E-state index contributed by atoms with van der Waals surface area (Å²) in [4.78, 5) is 0.